The van der Waals surface area contributed by atoms with E-state index in [4.69, 9.17) is 11.6 Å². The fourth-order valence-corrected chi connectivity index (χ4v) is 1.52. The van der Waals surface area contributed by atoms with Crippen LogP contribution in [0.2, 0.25) is 5.02 Å². The molecule has 0 radical (unpaired) electrons. The van der Waals surface area contributed by atoms with Crippen LogP contribution in [0, 0.1) is 5.82 Å². The van der Waals surface area contributed by atoms with Crippen LogP contribution in [0.3, 0.4) is 0 Å². The van der Waals surface area contributed by atoms with Gasteiger partial charge in [-0.3, -0.25) is 9.69 Å². The third kappa shape index (κ3) is 3.47. The van der Waals surface area contributed by atoms with Crippen LogP contribution in [0.15, 0.2) is 18.2 Å². The molecule has 0 aliphatic rings. The molecule has 0 aliphatic heterocycles. The summed E-state index contributed by atoms with van der Waals surface area (Å²) < 4.78 is 17.9. The maximum atomic E-state index is 13.4. The number of esters is 1. The summed E-state index contributed by atoms with van der Waals surface area (Å²) in [6, 6.07) is 4.50. The minimum absolute atomic E-state index is 0.0984. The van der Waals surface area contributed by atoms with E-state index >= 15 is 0 Å². The Morgan fingerprint density at radius 1 is 1.56 bits per heavy atom. The highest BCUT2D eigenvalue weighted by Gasteiger charge is 2.12. The molecule has 0 amide bonds. The molecule has 0 heterocycles. The Morgan fingerprint density at radius 3 is 2.81 bits per heavy atom. The van der Waals surface area contributed by atoms with E-state index in [1.165, 1.54) is 13.2 Å². The summed E-state index contributed by atoms with van der Waals surface area (Å²) >= 11 is 5.86. The van der Waals surface area contributed by atoms with Gasteiger partial charge in [-0.25, -0.2) is 4.39 Å². The molecule has 0 atom stereocenters. The first-order chi connectivity index (χ1) is 7.54. The zero-order chi connectivity index (χ0) is 12.1. The van der Waals surface area contributed by atoms with Crippen molar-refractivity contribution in [3.8, 4) is 0 Å². The fraction of sp³-hybridized carbons (Fsp3) is 0.364. The van der Waals surface area contributed by atoms with E-state index in [9.17, 15) is 9.18 Å². The molecule has 0 saturated heterocycles. The van der Waals surface area contributed by atoms with E-state index in [0.717, 1.165) is 0 Å². The lowest BCUT2D eigenvalue weighted by atomic mass is 10.2. The average molecular weight is 246 g/mol. The third-order valence-electron chi connectivity index (χ3n) is 2.12. The number of carbonyl (C=O) groups excluding carboxylic acids is 1. The Hall–Kier alpha value is -1.13. The molecule has 0 fully saturated rings. The molecular formula is C11H13ClFNO2. The van der Waals surface area contributed by atoms with Gasteiger partial charge in [0.2, 0.25) is 0 Å². The number of methoxy groups -OCH3 is 1. The summed E-state index contributed by atoms with van der Waals surface area (Å²) in [6.45, 7) is 0.363. The van der Waals surface area contributed by atoms with Crippen molar-refractivity contribution in [2.24, 2.45) is 0 Å². The molecule has 88 valence electrons. The Balaban J connectivity index is 2.69. The smallest absolute Gasteiger partial charge is 0.319 e. The van der Waals surface area contributed by atoms with Crippen LogP contribution >= 0.6 is 11.6 Å². The van der Waals surface area contributed by atoms with Gasteiger partial charge in [-0.15, -0.1) is 0 Å². The number of nitrogens with zero attached hydrogens (tertiary/aromatic N) is 1. The van der Waals surface area contributed by atoms with Crippen molar-refractivity contribution in [2.75, 3.05) is 20.7 Å². The van der Waals surface area contributed by atoms with Crippen LogP contribution in [0.1, 0.15) is 5.56 Å². The van der Waals surface area contributed by atoms with Crippen molar-refractivity contribution in [2.45, 2.75) is 6.54 Å². The van der Waals surface area contributed by atoms with Gasteiger partial charge in [0.25, 0.3) is 0 Å². The van der Waals surface area contributed by atoms with Gasteiger partial charge in [0.15, 0.2) is 0 Å². The SMILES string of the molecule is COC(=O)CN(C)Cc1c(F)cccc1Cl. The number of hydrogen-bond donors (Lipinski definition) is 0. The second kappa shape index (κ2) is 5.82. The highest BCUT2D eigenvalue weighted by Crippen LogP contribution is 2.20. The molecule has 0 aromatic heterocycles. The Bertz CT molecular complexity index is 364. The van der Waals surface area contributed by atoms with Gasteiger partial charge in [0.1, 0.15) is 5.82 Å². The van der Waals surface area contributed by atoms with E-state index < -0.39 is 0 Å². The normalized spacial score (nSPS) is 10.6. The molecule has 3 nitrogen and oxygen atoms in total. The van der Waals surface area contributed by atoms with Crippen LogP contribution < -0.4 is 0 Å². The molecule has 1 aromatic carbocycles. The Labute approximate surface area is 98.8 Å². The maximum Gasteiger partial charge on any atom is 0.319 e. The van der Waals surface area contributed by atoms with E-state index in [-0.39, 0.29) is 24.9 Å². The van der Waals surface area contributed by atoms with Crippen LogP contribution in [0.4, 0.5) is 4.39 Å². The van der Waals surface area contributed by atoms with Gasteiger partial charge < -0.3 is 4.74 Å². The van der Waals surface area contributed by atoms with Crippen LogP contribution in [-0.4, -0.2) is 31.6 Å². The second-order valence-corrected chi connectivity index (χ2v) is 3.86. The number of likely N-dealkylation sites (N-methyl/N-ethyl adjacent to an activating group) is 1. The number of benzene rings is 1. The Kier molecular flexibility index (Phi) is 4.71. The lowest BCUT2D eigenvalue weighted by Gasteiger charge is -2.16. The van der Waals surface area contributed by atoms with Gasteiger partial charge in [0.05, 0.1) is 13.7 Å². The van der Waals surface area contributed by atoms with Gasteiger partial charge in [0, 0.05) is 17.1 Å². The largest absolute Gasteiger partial charge is 0.468 e. The predicted molar refractivity (Wildman–Crippen MR) is 59.8 cm³/mol. The number of hydrogen-bond acceptors (Lipinski definition) is 3. The third-order valence-corrected chi connectivity index (χ3v) is 2.47. The van der Waals surface area contributed by atoms with Crippen LogP contribution in [0.25, 0.3) is 0 Å². The van der Waals surface area contributed by atoms with Gasteiger partial charge >= 0.3 is 5.97 Å². The van der Waals surface area contributed by atoms with E-state index in [1.54, 1.807) is 24.1 Å². The van der Waals surface area contributed by atoms with E-state index in [1.807, 2.05) is 0 Å². The summed E-state index contributed by atoms with van der Waals surface area (Å²) in [5, 5.41) is 0.358. The molecule has 0 unspecified atom stereocenters. The summed E-state index contributed by atoms with van der Waals surface area (Å²) in [6.07, 6.45) is 0. The standard InChI is InChI=1S/C11H13ClFNO2/c1-14(7-11(15)16-2)6-8-9(12)4-3-5-10(8)13/h3-5H,6-7H2,1-2H3. The van der Waals surface area contributed by atoms with Gasteiger partial charge in [-0.2, -0.15) is 0 Å². The maximum absolute atomic E-state index is 13.4. The first-order valence-electron chi connectivity index (χ1n) is 4.73. The van der Waals surface area contributed by atoms with Crippen molar-refractivity contribution < 1.29 is 13.9 Å². The van der Waals surface area contributed by atoms with Crippen molar-refractivity contribution in [3.05, 3.63) is 34.6 Å². The summed E-state index contributed by atoms with van der Waals surface area (Å²) in [7, 11) is 3.01. The molecular weight excluding hydrogens is 233 g/mol. The van der Waals surface area contributed by atoms with Crippen molar-refractivity contribution >= 4 is 17.6 Å². The minimum atomic E-state index is -0.371. The van der Waals surface area contributed by atoms with Crippen LogP contribution in [-0.2, 0) is 16.1 Å². The lowest BCUT2D eigenvalue weighted by Crippen LogP contribution is -2.26. The number of halogens is 2. The monoisotopic (exact) mass is 245 g/mol. The predicted octanol–water partition coefficient (Wildman–Crippen LogP) is 2.08. The van der Waals surface area contributed by atoms with Gasteiger partial charge in [-0.05, 0) is 19.2 Å². The summed E-state index contributed by atoms with van der Waals surface area (Å²) in [5.74, 6) is -0.737. The van der Waals surface area contributed by atoms with E-state index in [2.05, 4.69) is 4.74 Å². The molecule has 16 heavy (non-hydrogen) atoms. The van der Waals surface area contributed by atoms with Crippen molar-refractivity contribution in [1.82, 2.24) is 4.90 Å². The molecule has 1 aromatic rings. The molecule has 0 aliphatic carbocycles. The highest BCUT2D eigenvalue weighted by molar-refractivity contribution is 6.31. The molecule has 0 bridgehead atoms. The van der Waals surface area contributed by atoms with E-state index in [0.29, 0.717) is 10.6 Å². The molecule has 1 rings (SSSR count). The highest BCUT2D eigenvalue weighted by atomic mass is 35.5. The fourth-order valence-electron chi connectivity index (χ4n) is 1.29. The number of rotatable bonds is 4. The van der Waals surface area contributed by atoms with Crippen LogP contribution in [0.5, 0.6) is 0 Å². The zero-order valence-corrected chi connectivity index (χ0v) is 9.92. The quantitative estimate of drug-likeness (QED) is 0.761. The molecule has 0 saturated carbocycles. The molecule has 0 N–H and O–H groups in total. The first-order valence-corrected chi connectivity index (χ1v) is 5.10. The second-order valence-electron chi connectivity index (χ2n) is 3.45. The average Bonchev–Trinajstić information content (AvgIpc) is 2.23. The first kappa shape index (κ1) is 12.9. The Morgan fingerprint density at radius 2 is 2.25 bits per heavy atom. The molecule has 0 spiro atoms. The van der Waals surface area contributed by atoms with Crippen molar-refractivity contribution in [1.29, 1.82) is 0 Å². The lowest BCUT2D eigenvalue weighted by molar-refractivity contribution is -0.141. The van der Waals surface area contributed by atoms with Crippen molar-refractivity contribution in [3.63, 3.8) is 0 Å². The topological polar surface area (TPSA) is 29.5 Å². The number of carbonyl (C=O) groups is 1. The minimum Gasteiger partial charge on any atom is -0.468 e. The zero-order valence-electron chi connectivity index (χ0n) is 9.17. The number of ether oxygens (including phenoxy) is 1. The molecule has 5 heteroatoms. The van der Waals surface area contributed by atoms with Gasteiger partial charge in [-0.1, -0.05) is 17.7 Å². The summed E-state index contributed by atoms with van der Waals surface area (Å²) in [4.78, 5) is 12.6. The summed E-state index contributed by atoms with van der Waals surface area (Å²) in [5.41, 5.74) is 0.385.